The van der Waals surface area contributed by atoms with E-state index in [-0.39, 0.29) is 5.84 Å². The molecule has 5 nitrogen and oxygen atoms in total. The van der Waals surface area contributed by atoms with E-state index in [9.17, 15) is 0 Å². The molecule has 1 aromatic rings. The number of hydrogen-bond donors (Lipinski definition) is 2. The van der Waals surface area contributed by atoms with E-state index in [0.29, 0.717) is 5.56 Å². The molecule has 3 N–H and O–H groups in total. The van der Waals surface area contributed by atoms with Crippen molar-refractivity contribution in [1.82, 2.24) is 9.78 Å². The van der Waals surface area contributed by atoms with E-state index in [1.165, 1.54) is 0 Å². The van der Waals surface area contributed by atoms with Crippen molar-refractivity contribution in [3.05, 3.63) is 11.3 Å². The Kier molecular flexibility index (Phi) is 2.27. The smallest absolute Gasteiger partial charge is 0.137 e. The third-order valence-corrected chi connectivity index (χ3v) is 1.88. The normalized spacial score (nSPS) is 10.2. The van der Waals surface area contributed by atoms with Gasteiger partial charge in [-0.1, -0.05) is 0 Å². The first-order valence-corrected chi connectivity index (χ1v) is 4.00. The van der Waals surface area contributed by atoms with Crippen molar-refractivity contribution >= 4 is 11.7 Å². The largest absolute Gasteiger partial charge is 0.384 e. The number of hydrogen-bond acceptors (Lipinski definition) is 3. The summed E-state index contributed by atoms with van der Waals surface area (Å²) >= 11 is 0. The summed E-state index contributed by atoms with van der Waals surface area (Å²) in [4.78, 5) is 1.90. The van der Waals surface area contributed by atoms with Crippen LogP contribution >= 0.6 is 0 Å². The van der Waals surface area contributed by atoms with Gasteiger partial charge in [-0.3, -0.25) is 10.1 Å². The molecule has 0 amide bonds. The average Bonchev–Trinajstić information content (AvgIpc) is 2.24. The van der Waals surface area contributed by atoms with Gasteiger partial charge in [0.15, 0.2) is 0 Å². The summed E-state index contributed by atoms with van der Waals surface area (Å²) in [6.45, 7) is 1.85. The lowest BCUT2D eigenvalue weighted by Crippen LogP contribution is -2.20. The number of aryl methyl sites for hydroxylation is 2. The van der Waals surface area contributed by atoms with Crippen LogP contribution in [0.25, 0.3) is 0 Å². The molecule has 5 heteroatoms. The number of aromatic nitrogens is 2. The summed E-state index contributed by atoms with van der Waals surface area (Å²) in [5.41, 5.74) is 6.98. The topological polar surface area (TPSA) is 70.9 Å². The van der Waals surface area contributed by atoms with Gasteiger partial charge in [0.05, 0.1) is 11.3 Å². The molecule has 0 saturated heterocycles. The molecule has 0 spiro atoms. The number of nitrogens with one attached hydrogen (secondary N) is 1. The van der Waals surface area contributed by atoms with E-state index in [4.69, 9.17) is 11.1 Å². The molecule has 72 valence electrons. The van der Waals surface area contributed by atoms with Crippen LogP contribution in [-0.2, 0) is 7.05 Å². The quantitative estimate of drug-likeness (QED) is 0.501. The molecule has 0 bridgehead atoms. The molecular formula is C8H15N5. The first-order chi connectivity index (χ1) is 5.95. The van der Waals surface area contributed by atoms with E-state index in [1.54, 1.807) is 4.68 Å². The van der Waals surface area contributed by atoms with Crippen molar-refractivity contribution in [3.63, 3.8) is 0 Å². The van der Waals surface area contributed by atoms with Gasteiger partial charge in [0.1, 0.15) is 11.7 Å². The number of nitrogen functional groups attached to an aromatic ring is 1. The Bertz CT molecular complexity index is 337. The number of nitrogens with zero attached hydrogens (tertiary/aromatic N) is 3. The van der Waals surface area contributed by atoms with Crippen LogP contribution in [0.1, 0.15) is 11.3 Å². The molecule has 0 unspecified atom stereocenters. The summed E-state index contributed by atoms with van der Waals surface area (Å²) in [6.07, 6.45) is 0. The van der Waals surface area contributed by atoms with Crippen LogP contribution < -0.4 is 10.6 Å². The maximum absolute atomic E-state index is 7.42. The highest BCUT2D eigenvalue weighted by atomic mass is 15.4. The van der Waals surface area contributed by atoms with Gasteiger partial charge >= 0.3 is 0 Å². The van der Waals surface area contributed by atoms with Gasteiger partial charge < -0.3 is 10.6 Å². The van der Waals surface area contributed by atoms with Crippen LogP contribution in [0.4, 0.5) is 5.82 Å². The predicted octanol–water partition coefficient (Wildman–Crippen LogP) is 0.0786. The van der Waals surface area contributed by atoms with Gasteiger partial charge in [-0.2, -0.15) is 5.10 Å². The zero-order valence-electron chi connectivity index (χ0n) is 8.42. The van der Waals surface area contributed by atoms with E-state index in [2.05, 4.69) is 5.10 Å². The number of amidine groups is 1. The zero-order chi connectivity index (χ0) is 10.2. The van der Waals surface area contributed by atoms with Gasteiger partial charge in [-0.15, -0.1) is 0 Å². The second kappa shape index (κ2) is 3.08. The molecule has 0 radical (unpaired) electrons. The van der Waals surface area contributed by atoms with Gasteiger partial charge in [-0.25, -0.2) is 0 Å². The minimum atomic E-state index is 0.0642. The first kappa shape index (κ1) is 9.57. The third kappa shape index (κ3) is 1.49. The highest BCUT2D eigenvalue weighted by molar-refractivity contribution is 6.00. The summed E-state index contributed by atoms with van der Waals surface area (Å²) in [7, 11) is 5.65. The molecule has 0 aliphatic carbocycles. The molecule has 0 saturated carbocycles. The second-order valence-corrected chi connectivity index (χ2v) is 3.22. The fourth-order valence-corrected chi connectivity index (χ4v) is 1.47. The van der Waals surface area contributed by atoms with Gasteiger partial charge in [0.2, 0.25) is 0 Å². The summed E-state index contributed by atoms with van der Waals surface area (Å²) in [6, 6.07) is 0. The summed E-state index contributed by atoms with van der Waals surface area (Å²) in [5.74, 6) is 0.930. The Morgan fingerprint density at radius 1 is 1.54 bits per heavy atom. The van der Waals surface area contributed by atoms with Gasteiger partial charge in [0, 0.05) is 21.1 Å². The van der Waals surface area contributed by atoms with E-state index in [0.717, 1.165) is 11.5 Å². The SMILES string of the molecule is Cc1nn(C)c(N(C)C)c1C(=N)N. The van der Waals surface area contributed by atoms with Crippen LogP contribution in [0.2, 0.25) is 0 Å². The highest BCUT2D eigenvalue weighted by Gasteiger charge is 2.16. The standard InChI is InChI=1S/C8H15N5/c1-5-6(7(9)10)8(12(2)3)13(4)11-5/h1-4H3,(H3,9,10). The lowest BCUT2D eigenvalue weighted by atomic mass is 10.2. The maximum Gasteiger partial charge on any atom is 0.137 e. The fourth-order valence-electron chi connectivity index (χ4n) is 1.47. The Balaban J connectivity index is 3.38. The fraction of sp³-hybridized carbons (Fsp3) is 0.500. The van der Waals surface area contributed by atoms with Crippen molar-refractivity contribution in [3.8, 4) is 0 Å². The summed E-state index contributed by atoms with van der Waals surface area (Å²) in [5, 5.41) is 11.6. The maximum atomic E-state index is 7.42. The van der Waals surface area contributed by atoms with E-state index < -0.39 is 0 Å². The Labute approximate surface area is 77.6 Å². The molecule has 0 fully saturated rings. The van der Waals surface area contributed by atoms with Gasteiger partial charge in [0.25, 0.3) is 0 Å². The number of anilines is 1. The Morgan fingerprint density at radius 2 is 2.08 bits per heavy atom. The monoisotopic (exact) mass is 181 g/mol. The molecule has 0 aliphatic heterocycles. The molecule has 13 heavy (non-hydrogen) atoms. The molecule has 0 atom stereocenters. The lowest BCUT2D eigenvalue weighted by molar-refractivity contribution is 0.745. The summed E-state index contributed by atoms with van der Waals surface area (Å²) < 4.78 is 1.73. The van der Waals surface area contributed by atoms with Crippen LogP contribution in [0.15, 0.2) is 0 Å². The van der Waals surface area contributed by atoms with Crippen molar-refractivity contribution < 1.29 is 0 Å². The molecule has 1 rings (SSSR count). The minimum Gasteiger partial charge on any atom is -0.384 e. The van der Waals surface area contributed by atoms with Crippen molar-refractivity contribution in [2.45, 2.75) is 6.92 Å². The second-order valence-electron chi connectivity index (χ2n) is 3.22. The molecule has 0 aromatic carbocycles. The first-order valence-electron chi connectivity index (χ1n) is 4.00. The zero-order valence-corrected chi connectivity index (χ0v) is 8.42. The molecule has 1 heterocycles. The Morgan fingerprint density at radius 3 is 2.38 bits per heavy atom. The lowest BCUT2D eigenvalue weighted by Gasteiger charge is -2.14. The predicted molar refractivity (Wildman–Crippen MR) is 53.3 cm³/mol. The third-order valence-electron chi connectivity index (χ3n) is 1.88. The highest BCUT2D eigenvalue weighted by Crippen LogP contribution is 2.19. The van der Waals surface area contributed by atoms with Crippen LogP contribution in [0.3, 0.4) is 0 Å². The van der Waals surface area contributed by atoms with Crippen LogP contribution in [-0.4, -0.2) is 29.7 Å². The van der Waals surface area contributed by atoms with E-state index >= 15 is 0 Å². The number of rotatable bonds is 2. The van der Waals surface area contributed by atoms with Crippen molar-refractivity contribution in [2.75, 3.05) is 19.0 Å². The number of nitrogens with two attached hydrogens (primary N) is 1. The average molecular weight is 181 g/mol. The molecular weight excluding hydrogens is 166 g/mol. The Hall–Kier alpha value is -1.52. The van der Waals surface area contributed by atoms with Crippen molar-refractivity contribution in [1.29, 1.82) is 5.41 Å². The van der Waals surface area contributed by atoms with Crippen LogP contribution in [0, 0.1) is 12.3 Å². The van der Waals surface area contributed by atoms with Gasteiger partial charge in [-0.05, 0) is 6.92 Å². The minimum absolute atomic E-state index is 0.0642. The van der Waals surface area contributed by atoms with E-state index in [1.807, 2.05) is 33.0 Å². The van der Waals surface area contributed by atoms with Crippen molar-refractivity contribution in [2.24, 2.45) is 12.8 Å². The van der Waals surface area contributed by atoms with Crippen LogP contribution in [0.5, 0.6) is 0 Å². The molecule has 1 aromatic heterocycles. The molecule has 0 aliphatic rings.